The van der Waals surface area contributed by atoms with Crippen LogP contribution in [0.2, 0.25) is 0 Å². The molecule has 53 heavy (non-hydrogen) atoms. The Hall–Kier alpha value is -6.90. The van der Waals surface area contributed by atoms with Crippen molar-refractivity contribution in [2.24, 2.45) is 0 Å². The normalized spacial score (nSPS) is 14.0. The van der Waals surface area contributed by atoms with Crippen LogP contribution in [0.3, 0.4) is 0 Å². The molecule has 1 aliphatic carbocycles. The minimum atomic E-state index is 0.0750. The summed E-state index contributed by atoms with van der Waals surface area (Å²) in [5.41, 5.74) is 12.1. The summed E-state index contributed by atoms with van der Waals surface area (Å²) in [5.74, 6) is 0.774. The van der Waals surface area contributed by atoms with E-state index in [1.807, 2.05) is 0 Å². The van der Waals surface area contributed by atoms with Crippen molar-refractivity contribution in [3.8, 4) is 33.9 Å². The van der Waals surface area contributed by atoms with E-state index in [4.69, 9.17) is 9.97 Å². The fraction of sp³-hybridized carbons (Fsp3) is 0.0196. The van der Waals surface area contributed by atoms with E-state index < -0.39 is 0 Å². The standard InChI is InChI=1S/C51H34N2/c1-33-44-28-27-37-15-9-10-18-45(37)50(44)47(31-46(33)36-13-3-2-4-14-36)38-21-23-39(24-22-38)51-52-48(42-25-19-34-11-5-7-16-40(34)29-42)32-49(53-51)43-26-20-35-12-6-8-17-41(35)30-43/h2-32,46H,1H2. The minimum absolute atomic E-state index is 0.0750. The number of hydrogen-bond donors (Lipinski definition) is 0. The molecule has 10 rings (SSSR count). The van der Waals surface area contributed by atoms with Crippen LogP contribution in [0.25, 0.3) is 77.4 Å². The maximum Gasteiger partial charge on any atom is 0.160 e. The van der Waals surface area contributed by atoms with Gasteiger partial charge in [0.05, 0.1) is 11.4 Å². The first kappa shape index (κ1) is 30.9. The Balaban J connectivity index is 1.11. The molecule has 0 bridgehead atoms. The molecule has 2 heteroatoms. The maximum atomic E-state index is 5.21. The van der Waals surface area contributed by atoms with Crippen LogP contribution in [0.4, 0.5) is 0 Å². The van der Waals surface area contributed by atoms with Crippen LogP contribution in [0, 0.1) is 0 Å². The highest BCUT2D eigenvalue weighted by Crippen LogP contribution is 2.47. The number of rotatable bonds is 5. The van der Waals surface area contributed by atoms with Crippen LogP contribution in [-0.4, -0.2) is 9.97 Å². The molecule has 0 saturated carbocycles. The fourth-order valence-corrected chi connectivity index (χ4v) is 7.91. The molecule has 9 aromatic rings. The SMILES string of the molecule is C=C1c2ccc3ccccc3c2C(c2ccc(-c3nc(-c4ccc5ccccc5c4)cc(-c4ccc5ccccc5c4)n3)cc2)=CC1c1ccccc1. The summed E-state index contributed by atoms with van der Waals surface area (Å²) < 4.78 is 0. The van der Waals surface area contributed by atoms with Crippen molar-refractivity contribution >= 4 is 43.5 Å². The van der Waals surface area contributed by atoms with E-state index in [0.717, 1.165) is 39.2 Å². The summed E-state index contributed by atoms with van der Waals surface area (Å²) in [7, 11) is 0. The van der Waals surface area contributed by atoms with E-state index in [1.165, 1.54) is 54.6 Å². The number of fused-ring (bicyclic) bond motifs is 5. The van der Waals surface area contributed by atoms with Gasteiger partial charge in [0, 0.05) is 22.6 Å². The molecule has 0 radical (unpaired) electrons. The second kappa shape index (κ2) is 12.7. The Morgan fingerprint density at radius 1 is 0.415 bits per heavy atom. The molecule has 0 spiro atoms. The Labute approximate surface area is 309 Å². The van der Waals surface area contributed by atoms with Gasteiger partial charge in [0.1, 0.15) is 0 Å². The summed E-state index contributed by atoms with van der Waals surface area (Å²) in [6.45, 7) is 4.64. The molecule has 248 valence electrons. The van der Waals surface area contributed by atoms with E-state index in [1.54, 1.807) is 0 Å². The fourth-order valence-electron chi connectivity index (χ4n) is 7.91. The van der Waals surface area contributed by atoms with E-state index in [9.17, 15) is 0 Å². The number of aromatic nitrogens is 2. The van der Waals surface area contributed by atoms with E-state index in [-0.39, 0.29) is 5.92 Å². The molecule has 1 unspecified atom stereocenters. The van der Waals surface area contributed by atoms with Crippen LogP contribution in [0.5, 0.6) is 0 Å². The highest BCUT2D eigenvalue weighted by Gasteiger charge is 2.27. The molecule has 1 aliphatic rings. The van der Waals surface area contributed by atoms with Gasteiger partial charge in [-0.05, 0) is 83.9 Å². The van der Waals surface area contributed by atoms with Gasteiger partial charge in [-0.2, -0.15) is 0 Å². The third-order valence-electron chi connectivity index (χ3n) is 10.7. The van der Waals surface area contributed by atoms with Crippen molar-refractivity contribution in [2.75, 3.05) is 0 Å². The number of nitrogens with zero attached hydrogens (tertiary/aromatic N) is 2. The average Bonchev–Trinajstić information content (AvgIpc) is 3.23. The molecule has 8 aromatic carbocycles. The first-order chi connectivity index (χ1) is 26.2. The third-order valence-corrected chi connectivity index (χ3v) is 10.7. The lowest BCUT2D eigenvalue weighted by atomic mass is 9.75. The molecular formula is C51H34N2. The Morgan fingerprint density at radius 2 is 0.925 bits per heavy atom. The zero-order chi connectivity index (χ0) is 35.3. The highest BCUT2D eigenvalue weighted by molar-refractivity contribution is 6.05. The van der Waals surface area contributed by atoms with Gasteiger partial charge < -0.3 is 0 Å². The van der Waals surface area contributed by atoms with Gasteiger partial charge in [0.15, 0.2) is 5.82 Å². The minimum Gasteiger partial charge on any atom is -0.228 e. The molecule has 1 aromatic heterocycles. The largest absolute Gasteiger partial charge is 0.228 e. The molecule has 0 aliphatic heterocycles. The lowest BCUT2D eigenvalue weighted by Gasteiger charge is -2.28. The summed E-state index contributed by atoms with van der Waals surface area (Å²) in [4.78, 5) is 10.4. The molecular weight excluding hydrogens is 641 g/mol. The van der Waals surface area contributed by atoms with Crippen LogP contribution in [0.15, 0.2) is 195 Å². The van der Waals surface area contributed by atoms with Crippen molar-refractivity contribution in [2.45, 2.75) is 5.92 Å². The Morgan fingerprint density at radius 3 is 1.57 bits per heavy atom. The number of hydrogen-bond acceptors (Lipinski definition) is 2. The number of allylic oxidation sites excluding steroid dienone is 2. The zero-order valence-corrected chi connectivity index (χ0v) is 29.1. The molecule has 0 fully saturated rings. The molecule has 1 heterocycles. The van der Waals surface area contributed by atoms with Crippen molar-refractivity contribution in [1.82, 2.24) is 9.97 Å². The van der Waals surface area contributed by atoms with Crippen LogP contribution in [0.1, 0.15) is 28.2 Å². The predicted molar refractivity (Wildman–Crippen MR) is 223 cm³/mol. The van der Waals surface area contributed by atoms with Gasteiger partial charge in [-0.25, -0.2) is 9.97 Å². The van der Waals surface area contributed by atoms with Gasteiger partial charge in [-0.1, -0.05) is 176 Å². The molecule has 2 nitrogen and oxygen atoms in total. The monoisotopic (exact) mass is 674 g/mol. The maximum absolute atomic E-state index is 5.21. The summed E-state index contributed by atoms with van der Waals surface area (Å²) in [6.07, 6.45) is 2.40. The van der Waals surface area contributed by atoms with E-state index in [0.29, 0.717) is 5.82 Å². The first-order valence-electron chi connectivity index (χ1n) is 18.1. The van der Waals surface area contributed by atoms with Gasteiger partial charge in [-0.3, -0.25) is 0 Å². The summed E-state index contributed by atoms with van der Waals surface area (Å²) in [5, 5.41) is 7.25. The van der Waals surface area contributed by atoms with Gasteiger partial charge in [-0.15, -0.1) is 0 Å². The third kappa shape index (κ3) is 5.53. The second-order valence-corrected chi connectivity index (χ2v) is 13.9. The van der Waals surface area contributed by atoms with Gasteiger partial charge in [0.2, 0.25) is 0 Å². The quantitative estimate of drug-likeness (QED) is 0.182. The van der Waals surface area contributed by atoms with Crippen molar-refractivity contribution in [1.29, 1.82) is 0 Å². The predicted octanol–water partition coefficient (Wildman–Crippen LogP) is 13.2. The topological polar surface area (TPSA) is 25.8 Å². The summed E-state index contributed by atoms with van der Waals surface area (Å²) >= 11 is 0. The van der Waals surface area contributed by atoms with Crippen LogP contribution < -0.4 is 0 Å². The van der Waals surface area contributed by atoms with Crippen molar-refractivity contribution in [3.05, 3.63) is 217 Å². The lowest BCUT2D eigenvalue weighted by Crippen LogP contribution is -2.09. The smallest absolute Gasteiger partial charge is 0.160 e. The van der Waals surface area contributed by atoms with Crippen molar-refractivity contribution < 1.29 is 0 Å². The highest BCUT2D eigenvalue weighted by atomic mass is 14.9. The molecule has 0 saturated heterocycles. The zero-order valence-electron chi connectivity index (χ0n) is 29.1. The van der Waals surface area contributed by atoms with Crippen LogP contribution in [-0.2, 0) is 0 Å². The second-order valence-electron chi connectivity index (χ2n) is 13.9. The van der Waals surface area contributed by atoms with E-state index in [2.05, 4.69) is 195 Å². The van der Waals surface area contributed by atoms with Crippen LogP contribution >= 0.6 is 0 Å². The average molecular weight is 675 g/mol. The van der Waals surface area contributed by atoms with Gasteiger partial charge >= 0.3 is 0 Å². The summed E-state index contributed by atoms with van der Waals surface area (Å²) in [6, 6.07) is 64.8. The Bertz CT molecular complexity index is 2800. The molecule has 0 N–H and O–H groups in total. The molecule has 1 atom stereocenters. The van der Waals surface area contributed by atoms with Gasteiger partial charge in [0.25, 0.3) is 0 Å². The Kier molecular flexibility index (Phi) is 7.40. The van der Waals surface area contributed by atoms with Crippen molar-refractivity contribution in [3.63, 3.8) is 0 Å². The molecule has 0 amide bonds. The number of benzene rings is 8. The van der Waals surface area contributed by atoms with E-state index >= 15 is 0 Å². The lowest BCUT2D eigenvalue weighted by molar-refractivity contribution is 1.09. The first-order valence-corrected chi connectivity index (χ1v) is 18.1.